The third-order valence-electron chi connectivity index (χ3n) is 1.63. The topological polar surface area (TPSA) is 89.4 Å². The second-order valence-electron chi connectivity index (χ2n) is 2.57. The van der Waals surface area contributed by atoms with Crippen molar-refractivity contribution in [2.45, 2.75) is 6.04 Å². The highest BCUT2D eigenvalue weighted by Crippen LogP contribution is 2.16. The van der Waals surface area contributed by atoms with Gasteiger partial charge in [0.15, 0.2) is 0 Å². The maximum atomic E-state index is 11.0. The summed E-state index contributed by atoms with van der Waals surface area (Å²) in [5, 5.41) is -0.0216. The van der Waals surface area contributed by atoms with Crippen LogP contribution in [0.4, 0.5) is 4.79 Å². The maximum Gasteiger partial charge on any atom is 0.281 e. The molecule has 0 aliphatic carbocycles. The van der Waals surface area contributed by atoms with Gasteiger partial charge in [-0.25, -0.2) is 0 Å². The molecule has 0 bridgehead atoms. The number of hydrogen-bond donors (Lipinski definition) is 2. The van der Waals surface area contributed by atoms with E-state index < -0.39 is 11.9 Å². The molecule has 0 spiro atoms. The molecule has 6 heteroatoms. The fourth-order valence-corrected chi connectivity index (χ4v) is 1.75. The normalized spacial score (nSPS) is 19.8. The van der Waals surface area contributed by atoms with Gasteiger partial charge in [-0.15, -0.1) is 0 Å². The molecule has 1 atom stereocenters. The molecule has 0 aromatic rings. The molecule has 68 valence electrons. The number of nitrogens with zero attached hydrogens (tertiary/aromatic N) is 1. The van der Waals surface area contributed by atoms with E-state index in [-0.39, 0.29) is 11.8 Å². The van der Waals surface area contributed by atoms with E-state index >= 15 is 0 Å². The highest BCUT2D eigenvalue weighted by Gasteiger charge is 2.24. The average Bonchev–Trinajstić information content (AvgIpc) is 2.36. The third kappa shape index (κ3) is 2.12. The van der Waals surface area contributed by atoms with Crippen LogP contribution in [-0.2, 0) is 4.79 Å². The van der Waals surface area contributed by atoms with Gasteiger partial charge in [-0.1, -0.05) is 11.8 Å². The fourth-order valence-electron chi connectivity index (χ4n) is 0.919. The Morgan fingerprint density at radius 1 is 1.75 bits per heavy atom. The highest BCUT2D eigenvalue weighted by molar-refractivity contribution is 8.13. The Kier molecular flexibility index (Phi) is 2.93. The smallest absolute Gasteiger partial charge is 0.281 e. The SMILES string of the molecule is NC(=O)C(N)CN1CCSC1=O. The monoisotopic (exact) mass is 189 g/mol. The molecule has 1 fully saturated rings. The van der Waals surface area contributed by atoms with Crippen molar-refractivity contribution in [2.24, 2.45) is 11.5 Å². The first-order chi connectivity index (χ1) is 5.61. The van der Waals surface area contributed by atoms with E-state index in [2.05, 4.69) is 0 Å². The predicted octanol–water partition coefficient (Wildman–Crippen LogP) is -1.03. The Morgan fingerprint density at radius 2 is 2.42 bits per heavy atom. The van der Waals surface area contributed by atoms with Gasteiger partial charge in [0.25, 0.3) is 5.24 Å². The molecule has 1 rings (SSSR count). The predicted molar refractivity (Wildman–Crippen MR) is 46.6 cm³/mol. The number of nitrogens with two attached hydrogens (primary N) is 2. The van der Waals surface area contributed by atoms with Gasteiger partial charge in [0.2, 0.25) is 5.91 Å². The summed E-state index contributed by atoms with van der Waals surface area (Å²) >= 11 is 1.24. The molecule has 12 heavy (non-hydrogen) atoms. The first-order valence-electron chi connectivity index (χ1n) is 3.58. The summed E-state index contributed by atoms with van der Waals surface area (Å²) in [5.74, 6) is 0.198. The van der Waals surface area contributed by atoms with Crippen molar-refractivity contribution in [2.75, 3.05) is 18.8 Å². The summed E-state index contributed by atoms with van der Waals surface area (Å²) in [6.07, 6.45) is 0. The van der Waals surface area contributed by atoms with E-state index in [4.69, 9.17) is 11.5 Å². The van der Waals surface area contributed by atoms with Crippen LogP contribution in [0.1, 0.15) is 0 Å². The zero-order valence-corrected chi connectivity index (χ0v) is 7.34. The second-order valence-corrected chi connectivity index (χ2v) is 3.62. The number of primary amides is 1. The fraction of sp³-hybridized carbons (Fsp3) is 0.667. The Bertz CT molecular complexity index is 209. The molecule has 2 amide bonds. The molecule has 1 saturated heterocycles. The summed E-state index contributed by atoms with van der Waals surface area (Å²) in [6, 6.07) is -0.743. The summed E-state index contributed by atoms with van der Waals surface area (Å²) in [7, 11) is 0. The van der Waals surface area contributed by atoms with Crippen molar-refractivity contribution >= 4 is 22.9 Å². The molecule has 4 N–H and O–H groups in total. The number of amides is 2. The lowest BCUT2D eigenvalue weighted by atomic mass is 10.3. The average molecular weight is 189 g/mol. The molecule has 5 nitrogen and oxygen atoms in total. The van der Waals surface area contributed by atoms with Crippen LogP contribution in [0.25, 0.3) is 0 Å². The molecule has 1 heterocycles. The van der Waals surface area contributed by atoms with Crippen LogP contribution in [0.15, 0.2) is 0 Å². The van der Waals surface area contributed by atoms with Gasteiger partial charge in [-0.05, 0) is 0 Å². The van der Waals surface area contributed by atoms with Gasteiger partial charge in [0, 0.05) is 18.8 Å². The van der Waals surface area contributed by atoms with Crippen molar-refractivity contribution in [3.63, 3.8) is 0 Å². The van der Waals surface area contributed by atoms with Crippen LogP contribution in [-0.4, -0.2) is 40.9 Å². The van der Waals surface area contributed by atoms with Crippen LogP contribution in [0.3, 0.4) is 0 Å². The number of carbonyl (C=O) groups excluding carboxylic acids is 2. The Balaban J connectivity index is 2.40. The van der Waals surface area contributed by atoms with Gasteiger partial charge in [-0.3, -0.25) is 9.59 Å². The summed E-state index contributed by atoms with van der Waals surface area (Å²) in [5.41, 5.74) is 10.3. The number of carbonyl (C=O) groups is 2. The minimum absolute atomic E-state index is 0.0216. The standard InChI is InChI=1S/C6H11N3O2S/c7-4(5(8)10)3-9-1-2-12-6(9)11/h4H,1-3,7H2,(H2,8,10). The zero-order chi connectivity index (χ0) is 9.14. The molecule has 1 aliphatic heterocycles. The largest absolute Gasteiger partial charge is 0.368 e. The van der Waals surface area contributed by atoms with Crippen molar-refractivity contribution < 1.29 is 9.59 Å². The second kappa shape index (κ2) is 3.77. The van der Waals surface area contributed by atoms with Gasteiger partial charge in [-0.2, -0.15) is 0 Å². The molecule has 1 unspecified atom stereocenters. The van der Waals surface area contributed by atoms with Gasteiger partial charge < -0.3 is 16.4 Å². The summed E-state index contributed by atoms with van der Waals surface area (Å²) in [6.45, 7) is 0.894. The van der Waals surface area contributed by atoms with Gasteiger partial charge in [0.1, 0.15) is 6.04 Å². The molecule has 0 saturated carbocycles. The van der Waals surface area contributed by atoms with Gasteiger partial charge in [0.05, 0.1) is 0 Å². The van der Waals surface area contributed by atoms with Crippen molar-refractivity contribution in [3.05, 3.63) is 0 Å². The van der Waals surface area contributed by atoms with Crippen molar-refractivity contribution in [3.8, 4) is 0 Å². The minimum Gasteiger partial charge on any atom is -0.368 e. The highest BCUT2D eigenvalue weighted by atomic mass is 32.2. The Labute approximate surface area is 74.4 Å². The van der Waals surface area contributed by atoms with Crippen LogP contribution in [0, 0.1) is 0 Å². The van der Waals surface area contributed by atoms with Crippen LogP contribution >= 0.6 is 11.8 Å². The van der Waals surface area contributed by atoms with E-state index in [9.17, 15) is 9.59 Å². The first-order valence-corrected chi connectivity index (χ1v) is 4.56. The van der Waals surface area contributed by atoms with E-state index in [1.807, 2.05) is 0 Å². The van der Waals surface area contributed by atoms with Crippen LogP contribution in [0.5, 0.6) is 0 Å². The maximum absolute atomic E-state index is 11.0. The molecular formula is C6H11N3O2S. The molecule has 0 aromatic heterocycles. The van der Waals surface area contributed by atoms with E-state index in [0.29, 0.717) is 6.54 Å². The van der Waals surface area contributed by atoms with E-state index in [1.54, 1.807) is 4.90 Å². The quantitative estimate of drug-likeness (QED) is 0.594. The van der Waals surface area contributed by atoms with E-state index in [0.717, 1.165) is 5.75 Å². The Hall–Kier alpha value is -0.750. The molecule has 0 aromatic carbocycles. The van der Waals surface area contributed by atoms with Crippen molar-refractivity contribution in [1.29, 1.82) is 0 Å². The number of rotatable bonds is 3. The lowest BCUT2D eigenvalue weighted by Gasteiger charge is -2.17. The van der Waals surface area contributed by atoms with E-state index in [1.165, 1.54) is 11.8 Å². The molecular weight excluding hydrogens is 178 g/mol. The van der Waals surface area contributed by atoms with Crippen molar-refractivity contribution in [1.82, 2.24) is 4.90 Å². The zero-order valence-electron chi connectivity index (χ0n) is 6.53. The first kappa shape index (κ1) is 9.34. The lowest BCUT2D eigenvalue weighted by molar-refractivity contribution is -0.119. The minimum atomic E-state index is -0.743. The van der Waals surface area contributed by atoms with Crippen LogP contribution < -0.4 is 11.5 Å². The Morgan fingerprint density at radius 3 is 2.83 bits per heavy atom. The van der Waals surface area contributed by atoms with Gasteiger partial charge >= 0.3 is 0 Å². The summed E-state index contributed by atoms with van der Waals surface area (Å²) < 4.78 is 0. The van der Waals surface area contributed by atoms with Crippen LogP contribution in [0.2, 0.25) is 0 Å². The summed E-state index contributed by atoms with van der Waals surface area (Å²) in [4.78, 5) is 23.1. The lowest BCUT2D eigenvalue weighted by Crippen LogP contribution is -2.46. The molecule has 1 aliphatic rings. The number of hydrogen-bond acceptors (Lipinski definition) is 4. The number of thioether (sulfide) groups is 1. The molecule has 0 radical (unpaired) electrons. The third-order valence-corrected chi connectivity index (χ3v) is 2.52.